The summed E-state index contributed by atoms with van der Waals surface area (Å²) in [7, 11) is 0. The summed E-state index contributed by atoms with van der Waals surface area (Å²) in [6.45, 7) is 12.7. The second-order valence-corrected chi connectivity index (χ2v) is 6.78. The quantitative estimate of drug-likeness (QED) is 0.629. The molecular weight excluding hydrogens is 232 g/mol. The fourth-order valence-corrected chi connectivity index (χ4v) is 1.28. The van der Waals surface area contributed by atoms with Crippen LogP contribution in [0.3, 0.4) is 0 Å². The highest BCUT2D eigenvalue weighted by Gasteiger charge is 2.22. The Hall–Kier alpha value is -0.160. The molecule has 0 heterocycles. The second-order valence-electron chi connectivity index (χ2n) is 6.78. The molecule has 1 unspecified atom stereocenters. The van der Waals surface area contributed by atoms with Gasteiger partial charge in [-0.3, -0.25) is 0 Å². The Labute approximate surface area is 111 Å². The largest absolute Gasteiger partial charge is 0.396 e. The molecule has 0 aliphatic carbocycles. The van der Waals surface area contributed by atoms with Crippen LogP contribution in [0.25, 0.3) is 0 Å². The zero-order chi connectivity index (χ0) is 14.2. The average molecular weight is 262 g/mol. The molecule has 0 rings (SSSR count). The molecule has 0 bridgehead atoms. The SMILES string of the molecule is CC(CO)COCC(C)(C)COCC(C)(C)CO. The molecular formula is C14H30O4. The molecule has 0 aliphatic rings. The van der Waals surface area contributed by atoms with E-state index >= 15 is 0 Å². The molecule has 110 valence electrons. The van der Waals surface area contributed by atoms with E-state index < -0.39 is 0 Å². The molecule has 0 fully saturated rings. The average Bonchev–Trinajstić information content (AvgIpc) is 2.28. The minimum Gasteiger partial charge on any atom is -0.396 e. The van der Waals surface area contributed by atoms with Crippen molar-refractivity contribution in [3.8, 4) is 0 Å². The van der Waals surface area contributed by atoms with E-state index in [4.69, 9.17) is 19.7 Å². The van der Waals surface area contributed by atoms with Gasteiger partial charge in [-0.05, 0) is 0 Å². The van der Waals surface area contributed by atoms with Crippen LogP contribution in [0.4, 0.5) is 0 Å². The molecule has 1 atom stereocenters. The monoisotopic (exact) mass is 262 g/mol. The molecule has 0 spiro atoms. The van der Waals surface area contributed by atoms with Crippen molar-refractivity contribution in [3.05, 3.63) is 0 Å². The Balaban J connectivity index is 3.80. The molecule has 4 nitrogen and oxygen atoms in total. The predicted molar refractivity (Wildman–Crippen MR) is 72.5 cm³/mol. The second kappa shape index (κ2) is 8.10. The Bertz CT molecular complexity index is 214. The van der Waals surface area contributed by atoms with Crippen molar-refractivity contribution < 1.29 is 19.7 Å². The minimum absolute atomic E-state index is 0.0548. The van der Waals surface area contributed by atoms with Crippen LogP contribution in [0.2, 0.25) is 0 Å². The highest BCUT2D eigenvalue weighted by atomic mass is 16.5. The summed E-state index contributed by atoms with van der Waals surface area (Å²) in [5, 5.41) is 18.0. The van der Waals surface area contributed by atoms with E-state index in [-0.39, 0.29) is 30.0 Å². The lowest BCUT2D eigenvalue weighted by Crippen LogP contribution is -2.31. The zero-order valence-corrected chi connectivity index (χ0v) is 12.5. The van der Waals surface area contributed by atoms with E-state index in [1.54, 1.807) is 0 Å². The third-order valence-corrected chi connectivity index (χ3v) is 2.62. The van der Waals surface area contributed by atoms with Crippen LogP contribution in [-0.4, -0.2) is 49.9 Å². The number of aliphatic hydroxyl groups is 2. The standard InChI is InChI=1S/C14H30O4/c1-12(6-15)7-17-10-14(4,5)11-18-9-13(2,3)8-16/h12,15-16H,6-11H2,1-5H3. The van der Waals surface area contributed by atoms with Gasteiger partial charge in [0.25, 0.3) is 0 Å². The maximum Gasteiger partial charge on any atom is 0.0539 e. The minimum atomic E-state index is -0.192. The van der Waals surface area contributed by atoms with Gasteiger partial charge in [0.2, 0.25) is 0 Å². The third-order valence-electron chi connectivity index (χ3n) is 2.62. The van der Waals surface area contributed by atoms with Crippen LogP contribution < -0.4 is 0 Å². The molecule has 0 aromatic heterocycles. The molecule has 0 saturated carbocycles. The van der Waals surface area contributed by atoms with Crippen molar-refractivity contribution in [2.75, 3.05) is 39.6 Å². The molecule has 0 aromatic rings. The van der Waals surface area contributed by atoms with Gasteiger partial charge >= 0.3 is 0 Å². The van der Waals surface area contributed by atoms with Gasteiger partial charge in [0.1, 0.15) is 0 Å². The first kappa shape index (κ1) is 17.8. The number of hydrogen-bond donors (Lipinski definition) is 2. The summed E-state index contributed by atoms with van der Waals surface area (Å²) in [5.74, 6) is 0.176. The van der Waals surface area contributed by atoms with Gasteiger partial charge in [0.05, 0.1) is 33.0 Å². The Morgan fingerprint density at radius 3 is 1.89 bits per heavy atom. The summed E-state index contributed by atoms with van der Waals surface area (Å²) in [4.78, 5) is 0. The first-order valence-electron chi connectivity index (χ1n) is 6.60. The molecule has 2 N–H and O–H groups in total. The van der Waals surface area contributed by atoms with Crippen molar-refractivity contribution in [3.63, 3.8) is 0 Å². The Morgan fingerprint density at radius 1 is 0.889 bits per heavy atom. The van der Waals surface area contributed by atoms with E-state index in [1.807, 2.05) is 20.8 Å². The molecule has 0 aromatic carbocycles. The maximum atomic E-state index is 9.12. The molecule has 18 heavy (non-hydrogen) atoms. The highest BCUT2D eigenvalue weighted by Crippen LogP contribution is 2.20. The Morgan fingerprint density at radius 2 is 1.39 bits per heavy atom. The Kier molecular flexibility index (Phi) is 8.03. The van der Waals surface area contributed by atoms with E-state index in [9.17, 15) is 0 Å². The van der Waals surface area contributed by atoms with Crippen molar-refractivity contribution in [2.24, 2.45) is 16.7 Å². The zero-order valence-electron chi connectivity index (χ0n) is 12.5. The lowest BCUT2D eigenvalue weighted by molar-refractivity contribution is -0.0416. The van der Waals surface area contributed by atoms with Gasteiger partial charge in [-0.1, -0.05) is 34.6 Å². The van der Waals surface area contributed by atoms with Gasteiger partial charge in [-0.2, -0.15) is 0 Å². The lowest BCUT2D eigenvalue weighted by atomic mass is 9.94. The summed E-state index contributed by atoms with van der Waals surface area (Å²) < 4.78 is 11.2. The first-order valence-corrected chi connectivity index (χ1v) is 6.60. The normalized spacial score (nSPS) is 14.8. The molecule has 4 heteroatoms. The van der Waals surface area contributed by atoms with Crippen molar-refractivity contribution in [1.82, 2.24) is 0 Å². The van der Waals surface area contributed by atoms with Gasteiger partial charge in [0, 0.05) is 23.4 Å². The topological polar surface area (TPSA) is 58.9 Å². The summed E-state index contributed by atoms with van der Waals surface area (Å²) in [6.07, 6.45) is 0. The third kappa shape index (κ3) is 8.86. The van der Waals surface area contributed by atoms with Crippen molar-refractivity contribution in [1.29, 1.82) is 0 Å². The van der Waals surface area contributed by atoms with Crippen LogP contribution in [0.1, 0.15) is 34.6 Å². The van der Waals surface area contributed by atoms with Crippen molar-refractivity contribution in [2.45, 2.75) is 34.6 Å². The lowest BCUT2D eigenvalue weighted by Gasteiger charge is -2.28. The van der Waals surface area contributed by atoms with Gasteiger partial charge in [0.15, 0.2) is 0 Å². The van der Waals surface area contributed by atoms with Crippen LogP contribution >= 0.6 is 0 Å². The first-order chi connectivity index (χ1) is 8.22. The van der Waals surface area contributed by atoms with Gasteiger partial charge < -0.3 is 19.7 Å². The fraction of sp³-hybridized carbons (Fsp3) is 1.00. The number of hydrogen-bond acceptors (Lipinski definition) is 4. The van der Waals surface area contributed by atoms with E-state index in [0.717, 1.165) is 0 Å². The van der Waals surface area contributed by atoms with Crippen LogP contribution in [0, 0.1) is 16.7 Å². The number of aliphatic hydroxyl groups excluding tert-OH is 2. The number of ether oxygens (including phenoxy) is 2. The summed E-state index contributed by atoms with van der Waals surface area (Å²) >= 11 is 0. The van der Waals surface area contributed by atoms with E-state index in [2.05, 4.69) is 13.8 Å². The maximum absolute atomic E-state index is 9.12. The van der Waals surface area contributed by atoms with Crippen LogP contribution in [0.5, 0.6) is 0 Å². The molecule has 0 radical (unpaired) electrons. The van der Waals surface area contributed by atoms with E-state index in [1.165, 1.54) is 0 Å². The fourth-order valence-electron chi connectivity index (χ4n) is 1.28. The van der Waals surface area contributed by atoms with Crippen LogP contribution in [-0.2, 0) is 9.47 Å². The summed E-state index contributed by atoms with van der Waals surface area (Å²) in [6, 6.07) is 0. The highest BCUT2D eigenvalue weighted by molar-refractivity contribution is 4.70. The smallest absolute Gasteiger partial charge is 0.0539 e. The van der Waals surface area contributed by atoms with Crippen LogP contribution in [0.15, 0.2) is 0 Å². The number of rotatable bonds is 10. The van der Waals surface area contributed by atoms with E-state index in [0.29, 0.717) is 26.4 Å². The van der Waals surface area contributed by atoms with Crippen molar-refractivity contribution >= 4 is 0 Å². The molecule has 0 aliphatic heterocycles. The summed E-state index contributed by atoms with van der Waals surface area (Å²) in [5.41, 5.74) is -0.247. The predicted octanol–water partition coefficient (Wildman–Crippen LogP) is 1.69. The van der Waals surface area contributed by atoms with Gasteiger partial charge in [-0.15, -0.1) is 0 Å². The molecule has 0 saturated heterocycles. The van der Waals surface area contributed by atoms with Gasteiger partial charge in [-0.25, -0.2) is 0 Å². The molecule has 0 amide bonds.